The third kappa shape index (κ3) is 3.65. The second-order valence-corrected chi connectivity index (χ2v) is 7.91. The largest absolute Gasteiger partial charge is 0.392 e. The Hall–Kier alpha value is -0.340. The average Bonchev–Trinajstić information content (AvgIpc) is 2.92. The molecule has 1 fully saturated rings. The van der Waals surface area contributed by atoms with E-state index in [0.29, 0.717) is 12.5 Å². The second kappa shape index (κ2) is 6.62. The van der Waals surface area contributed by atoms with Crippen molar-refractivity contribution in [3.63, 3.8) is 0 Å². The maximum Gasteiger partial charge on any atom is 0.240 e. The molecule has 1 aromatic carbocycles. The van der Waals surface area contributed by atoms with Crippen LogP contribution in [-0.2, 0) is 16.6 Å². The Bertz CT molecular complexity index is 589. The number of aliphatic hydroxyl groups is 1. The Kier molecular flexibility index (Phi) is 5.30. The maximum absolute atomic E-state index is 13.6. The molecule has 0 radical (unpaired) electrons. The highest BCUT2D eigenvalue weighted by atomic mass is 35.5. The number of benzene rings is 1. The predicted octanol–water partition coefficient (Wildman–Crippen LogP) is 2.00. The zero-order chi connectivity index (χ0) is 14.8. The molecule has 0 aromatic heterocycles. The molecule has 2 rings (SSSR count). The molecule has 2 N–H and O–H groups in total. The van der Waals surface area contributed by atoms with Crippen LogP contribution < -0.4 is 4.72 Å². The van der Waals surface area contributed by atoms with E-state index in [1.165, 1.54) is 6.07 Å². The summed E-state index contributed by atoms with van der Waals surface area (Å²) in [5.41, 5.74) is 0.0588. The first-order valence-electron chi connectivity index (χ1n) is 6.10. The van der Waals surface area contributed by atoms with Gasteiger partial charge in [-0.3, -0.25) is 0 Å². The van der Waals surface area contributed by atoms with Gasteiger partial charge in [0.1, 0.15) is 5.82 Å². The van der Waals surface area contributed by atoms with Gasteiger partial charge in [-0.1, -0.05) is 11.6 Å². The van der Waals surface area contributed by atoms with Crippen molar-refractivity contribution in [1.29, 1.82) is 0 Å². The Balaban J connectivity index is 2.18. The van der Waals surface area contributed by atoms with Gasteiger partial charge in [0.25, 0.3) is 0 Å². The van der Waals surface area contributed by atoms with E-state index >= 15 is 0 Å². The number of hydrogen-bond acceptors (Lipinski definition) is 4. The minimum absolute atomic E-state index is 0.0588. The molecule has 1 aliphatic rings. The number of aliphatic hydroxyl groups excluding tert-OH is 1. The van der Waals surface area contributed by atoms with Gasteiger partial charge in [-0.2, -0.15) is 11.8 Å². The molecule has 1 aromatic rings. The number of hydrogen-bond donors (Lipinski definition) is 2. The summed E-state index contributed by atoms with van der Waals surface area (Å²) < 4.78 is 40.3. The maximum atomic E-state index is 13.6. The lowest BCUT2D eigenvalue weighted by Crippen LogP contribution is -2.29. The number of nitrogens with one attached hydrogen (secondary N) is 1. The summed E-state index contributed by atoms with van der Waals surface area (Å²) in [6.45, 7) is -0.174. The average molecular weight is 340 g/mol. The van der Waals surface area contributed by atoms with Crippen LogP contribution in [0.25, 0.3) is 0 Å². The van der Waals surface area contributed by atoms with Gasteiger partial charge in [0.15, 0.2) is 0 Å². The van der Waals surface area contributed by atoms with Gasteiger partial charge in [0.05, 0.1) is 16.5 Å². The van der Waals surface area contributed by atoms with E-state index < -0.39 is 22.4 Å². The monoisotopic (exact) mass is 339 g/mol. The Morgan fingerprint density at radius 1 is 1.50 bits per heavy atom. The van der Waals surface area contributed by atoms with E-state index in [4.69, 9.17) is 16.7 Å². The molecule has 1 atom stereocenters. The molecule has 8 heteroatoms. The topological polar surface area (TPSA) is 66.4 Å². The van der Waals surface area contributed by atoms with Crippen LogP contribution in [0.5, 0.6) is 0 Å². The van der Waals surface area contributed by atoms with Gasteiger partial charge in [-0.15, -0.1) is 0 Å². The van der Waals surface area contributed by atoms with Crippen LogP contribution in [0.1, 0.15) is 12.0 Å². The third-order valence-electron chi connectivity index (χ3n) is 3.14. The molecular weight excluding hydrogens is 325 g/mol. The Morgan fingerprint density at radius 3 is 2.85 bits per heavy atom. The molecule has 0 saturated carbocycles. The van der Waals surface area contributed by atoms with E-state index in [9.17, 15) is 12.8 Å². The molecule has 1 unspecified atom stereocenters. The van der Waals surface area contributed by atoms with Crippen molar-refractivity contribution in [2.75, 3.05) is 18.1 Å². The second-order valence-electron chi connectivity index (χ2n) is 4.62. The Morgan fingerprint density at radius 2 is 2.25 bits per heavy atom. The van der Waals surface area contributed by atoms with Gasteiger partial charge in [0.2, 0.25) is 10.0 Å². The summed E-state index contributed by atoms with van der Waals surface area (Å²) in [7, 11) is -3.79. The number of thioether (sulfide) groups is 1. The van der Waals surface area contributed by atoms with Crippen molar-refractivity contribution in [2.45, 2.75) is 17.9 Å². The van der Waals surface area contributed by atoms with E-state index in [0.717, 1.165) is 24.0 Å². The molecule has 1 aliphatic heterocycles. The molecule has 0 bridgehead atoms. The SMILES string of the molecule is O=S(=O)(NCC1CCSC1)c1cc(F)c(Cl)c(CO)c1. The van der Waals surface area contributed by atoms with E-state index in [1.807, 2.05) is 0 Å². The van der Waals surface area contributed by atoms with Crippen LogP contribution in [0.15, 0.2) is 17.0 Å². The molecule has 20 heavy (non-hydrogen) atoms. The van der Waals surface area contributed by atoms with Crippen molar-refractivity contribution in [3.8, 4) is 0 Å². The smallest absolute Gasteiger partial charge is 0.240 e. The van der Waals surface area contributed by atoms with Crippen molar-refractivity contribution in [2.24, 2.45) is 5.92 Å². The van der Waals surface area contributed by atoms with Crippen molar-refractivity contribution >= 4 is 33.4 Å². The normalized spacial score (nSPS) is 19.4. The van der Waals surface area contributed by atoms with E-state index in [1.54, 1.807) is 11.8 Å². The molecule has 1 saturated heterocycles. The number of rotatable bonds is 5. The highest BCUT2D eigenvalue weighted by molar-refractivity contribution is 7.99. The van der Waals surface area contributed by atoms with Gasteiger partial charge in [-0.05, 0) is 36.0 Å². The van der Waals surface area contributed by atoms with Crippen LogP contribution >= 0.6 is 23.4 Å². The fraction of sp³-hybridized carbons (Fsp3) is 0.500. The van der Waals surface area contributed by atoms with Crippen LogP contribution in [0.2, 0.25) is 5.02 Å². The van der Waals surface area contributed by atoms with Crippen molar-refractivity contribution in [1.82, 2.24) is 4.72 Å². The predicted molar refractivity (Wildman–Crippen MR) is 78.0 cm³/mol. The Labute approximate surface area is 126 Å². The van der Waals surface area contributed by atoms with E-state index in [-0.39, 0.29) is 15.5 Å². The lowest BCUT2D eigenvalue weighted by molar-refractivity contribution is 0.281. The fourth-order valence-corrected chi connectivity index (χ4v) is 4.58. The van der Waals surface area contributed by atoms with Crippen molar-refractivity contribution in [3.05, 3.63) is 28.5 Å². The molecule has 1 heterocycles. The lowest BCUT2D eigenvalue weighted by atomic mass is 10.1. The molecule has 0 spiro atoms. The number of halogens is 2. The standard InChI is InChI=1S/C12H15ClFNO3S2/c13-12-9(6-16)3-10(4-11(12)14)20(17,18)15-5-8-1-2-19-7-8/h3-4,8,15-16H,1-2,5-7H2. The molecular formula is C12H15ClFNO3S2. The zero-order valence-corrected chi connectivity index (χ0v) is 13.0. The minimum atomic E-state index is -3.79. The highest BCUT2D eigenvalue weighted by Gasteiger charge is 2.22. The highest BCUT2D eigenvalue weighted by Crippen LogP contribution is 2.26. The third-order valence-corrected chi connectivity index (χ3v) is 6.20. The van der Waals surface area contributed by atoms with E-state index in [2.05, 4.69) is 4.72 Å². The zero-order valence-electron chi connectivity index (χ0n) is 10.6. The first kappa shape index (κ1) is 16.0. The molecule has 0 amide bonds. The van der Waals surface area contributed by atoms with Crippen LogP contribution in [0.3, 0.4) is 0 Å². The molecule has 4 nitrogen and oxygen atoms in total. The molecule has 112 valence electrons. The minimum Gasteiger partial charge on any atom is -0.392 e. The summed E-state index contributed by atoms with van der Waals surface area (Å²) >= 11 is 7.44. The van der Waals surface area contributed by atoms with Crippen molar-refractivity contribution < 1.29 is 17.9 Å². The summed E-state index contributed by atoms with van der Waals surface area (Å²) in [5.74, 6) is 1.43. The van der Waals surface area contributed by atoms with Crippen LogP contribution in [0.4, 0.5) is 4.39 Å². The summed E-state index contributed by atoms with van der Waals surface area (Å²) in [5, 5.41) is 8.82. The first-order valence-corrected chi connectivity index (χ1v) is 9.12. The summed E-state index contributed by atoms with van der Waals surface area (Å²) in [6, 6.07) is 2.06. The fourth-order valence-electron chi connectivity index (χ4n) is 1.94. The summed E-state index contributed by atoms with van der Waals surface area (Å²) in [4.78, 5) is -0.214. The van der Waals surface area contributed by atoms with Gasteiger partial charge >= 0.3 is 0 Å². The summed E-state index contributed by atoms with van der Waals surface area (Å²) in [6.07, 6.45) is 0.976. The number of sulfonamides is 1. The van der Waals surface area contributed by atoms with Crippen LogP contribution in [-0.4, -0.2) is 31.6 Å². The van der Waals surface area contributed by atoms with Gasteiger partial charge < -0.3 is 5.11 Å². The van der Waals surface area contributed by atoms with Gasteiger partial charge in [-0.25, -0.2) is 17.5 Å². The lowest BCUT2D eigenvalue weighted by Gasteiger charge is -2.12. The quantitative estimate of drug-likeness (QED) is 0.861. The first-order chi connectivity index (χ1) is 9.44. The van der Waals surface area contributed by atoms with Crippen LogP contribution in [0, 0.1) is 11.7 Å². The molecule has 0 aliphatic carbocycles. The van der Waals surface area contributed by atoms with Gasteiger partial charge in [0, 0.05) is 12.1 Å².